The highest BCUT2D eigenvalue weighted by Gasteiger charge is 2.40. The zero-order valence-electron chi connectivity index (χ0n) is 35.0. The third-order valence-corrected chi connectivity index (χ3v) is 12.7. The lowest BCUT2D eigenvalue weighted by atomic mass is 9.91. The van der Waals surface area contributed by atoms with E-state index in [1.165, 1.54) is 4.90 Å². The fraction of sp³-hybridized carbons (Fsp3) is 0.333. The van der Waals surface area contributed by atoms with Gasteiger partial charge in [-0.2, -0.15) is 0 Å². The number of ether oxygens (including phenoxy) is 4. The first-order valence-corrected chi connectivity index (χ1v) is 21.7. The number of aromatic nitrogens is 1. The molecule has 64 heavy (non-hydrogen) atoms. The van der Waals surface area contributed by atoms with Crippen LogP contribution < -0.4 is 29.6 Å². The third kappa shape index (κ3) is 10.5. The number of amides is 3. The number of urea groups is 1. The van der Waals surface area contributed by atoms with Crippen LogP contribution in [-0.2, 0) is 35.6 Å². The van der Waals surface area contributed by atoms with Gasteiger partial charge in [-0.15, -0.1) is 0 Å². The van der Waals surface area contributed by atoms with Crippen LogP contribution in [0.1, 0.15) is 70.9 Å². The minimum atomic E-state index is -2.80. The van der Waals surface area contributed by atoms with Crippen LogP contribution in [0, 0.1) is 13.8 Å². The minimum absolute atomic E-state index is 0.0351. The molecule has 1 unspecified atom stereocenters. The van der Waals surface area contributed by atoms with Crippen molar-refractivity contribution in [2.45, 2.75) is 95.7 Å². The van der Waals surface area contributed by atoms with Crippen LogP contribution in [0.3, 0.4) is 0 Å². The first kappa shape index (κ1) is 44.5. The van der Waals surface area contributed by atoms with Crippen molar-refractivity contribution in [1.82, 2.24) is 20.5 Å². The second kappa shape index (κ2) is 18.9. The molecule has 16 heteroatoms. The summed E-state index contributed by atoms with van der Waals surface area (Å²) in [6.07, 6.45) is 0.621. The summed E-state index contributed by atoms with van der Waals surface area (Å²) in [6, 6.07) is 21.4. The minimum Gasteiger partial charge on any atom is -0.489 e. The monoisotopic (exact) mass is 914 g/mol. The summed E-state index contributed by atoms with van der Waals surface area (Å²) in [5.41, 5.74) is 5.48. The maximum atomic E-state index is 14.2. The molecule has 8 rings (SSSR count). The average Bonchev–Trinajstić information content (AvgIpc) is 3.28. The number of carboxylic acids is 1. The molecule has 0 saturated heterocycles. The molecule has 0 spiro atoms. The highest BCUT2D eigenvalue weighted by atomic mass is 35.5. The predicted molar refractivity (Wildman–Crippen MR) is 235 cm³/mol. The van der Waals surface area contributed by atoms with Gasteiger partial charge in [0.2, 0.25) is 11.8 Å². The van der Waals surface area contributed by atoms with Crippen molar-refractivity contribution in [3.8, 4) is 28.7 Å². The molecule has 4 aromatic carbocycles. The van der Waals surface area contributed by atoms with Crippen LogP contribution in [0.25, 0.3) is 0 Å². The number of carbonyl (C=O) groups is 3. The highest BCUT2D eigenvalue weighted by molar-refractivity contribution is 6.42. The molecule has 5 aromatic rings. The Labute approximate surface area is 378 Å². The first-order chi connectivity index (χ1) is 30.7. The van der Waals surface area contributed by atoms with Crippen LogP contribution in [0.2, 0.25) is 10.0 Å². The number of pyridine rings is 1. The van der Waals surface area contributed by atoms with E-state index in [1.54, 1.807) is 60.8 Å². The highest BCUT2D eigenvalue weighted by Crippen LogP contribution is 2.41. The number of nitrogens with zero attached hydrogens (tertiary/aromatic N) is 2. The van der Waals surface area contributed by atoms with Crippen LogP contribution >= 0.6 is 23.2 Å². The van der Waals surface area contributed by atoms with E-state index in [1.807, 2.05) is 44.2 Å². The van der Waals surface area contributed by atoms with Crippen molar-refractivity contribution < 1.29 is 47.2 Å². The molecule has 3 aliphatic rings. The quantitative estimate of drug-likeness (QED) is 0.111. The standard InChI is InChI=1S/C48H46Cl2F2N4O8/c1-27-28(2)53-18-15-41(27)63-36-8-3-29(4-9-36)20-39(46(58)59)55-45(57)40-21-32-22-42-43(23-33(32)24-56(40)47(60)54-34-13-16-48(51,52)17-14-34)64-44(26-62-42)31-6-10-35(11-7-31)61-25-30-5-12-37(49)38(50)19-30/h3-12,15,18-19,22-23,34,39-40,44H,13-14,16-17,20-21,24-26H2,1-2H3,(H,54,60)(H,55,57)(H,58,59)/t39?,40-,44+/m0/s1. The summed E-state index contributed by atoms with van der Waals surface area (Å²) in [5.74, 6) is -1.99. The molecule has 3 heterocycles. The Morgan fingerprint density at radius 3 is 2.33 bits per heavy atom. The number of carbonyl (C=O) groups excluding carboxylic acids is 2. The molecule has 334 valence electrons. The van der Waals surface area contributed by atoms with Crippen LogP contribution in [0.5, 0.6) is 28.7 Å². The summed E-state index contributed by atoms with van der Waals surface area (Å²) in [6.45, 7) is 4.25. The van der Waals surface area contributed by atoms with E-state index >= 15 is 0 Å². The Bertz CT molecular complexity index is 2540. The van der Waals surface area contributed by atoms with Crippen LogP contribution in [-0.4, -0.2) is 63.6 Å². The molecule has 2 aliphatic heterocycles. The van der Waals surface area contributed by atoms with Gasteiger partial charge in [-0.3, -0.25) is 9.78 Å². The third-order valence-electron chi connectivity index (χ3n) is 11.9. The summed E-state index contributed by atoms with van der Waals surface area (Å²) < 4.78 is 52.6. The van der Waals surface area contributed by atoms with Crippen LogP contribution in [0.4, 0.5) is 13.6 Å². The number of benzene rings is 4. The van der Waals surface area contributed by atoms with Crippen molar-refractivity contribution in [2.75, 3.05) is 6.61 Å². The summed E-state index contributed by atoms with van der Waals surface area (Å²) in [5, 5.41) is 16.7. The molecule has 1 aromatic heterocycles. The van der Waals surface area contributed by atoms with E-state index in [4.69, 9.17) is 42.1 Å². The molecule has 12 nitrogen and oxygen atoms in total. The van der Waals surface area contributed by atoms with Gasteiger partial charge in [0.15, 0.2) is 17.6 Å². The zero-order valence-corrected chi connectivity index (χ0v) is 36.6. The number of aliphatic carboxylic acids is 1. The number of hydrogen-bond acceptors (Lipinski definition) is 8. The number of hydrogen-bond donors (Lipinski definition) is 3. The first-order valence-electron chi connectivity index (χ1n) is 21.0. The van der Waals surface area contributed by atoms with E-state index in [0.717, 1.165) is 22.4 Å². The second-order valence-corrected chi connectivity index (χ2v) is 17.2. The van der Waals surface area contributed by atoms with E-state index in [2.05, 4.69) is 15.6 Å². The van der Waals surface area contributed by atoms with E-state index in [9.17, 15) is 28.3 Å². The summed E-state index contributed by atoms with van der Waals surface area (Å²) in [7, 11) is 0. The second-order valence-electron chi connectivity index (χ2n) is 16.4. The summed E-state index contributed by atoms with van der Waals surface area (Å²) >= 11 is 12.2. The molecular weight excluding hydrogens is 869 g/mol. The number of rotatable bonds is 12. The van der Waals surface area contributed by atoms with Gasteiger partial charge in [-0.05, 0) is 109 Å². The number of alkyl halides is 2. The topological polar surface area (TPSA) is 149 Å². The van der Waals surface area contributed by atoms with Crippen molar-refractivity contribution in [2.24, 2.45) is 0 Å². The molecule has 1 aliphatic carbocycles. The number of nitrogens with one attached hydrogen (secondary N) is 2. The van der Waals surface area contributed by atoms with Crippen molar-refractivity contribution in [1.29, 1.82) is 0 Å². The normalized spacial score (nSPS) is 18.3. The van der Waals surface area contributed by atoms with Crippen LogP contribution in [0.15, 0.2) is 91.1 Å². The van der Waals surface area contributed by atoms with Gasteiger partial charge < -0.3 is 39.6 Å². The van der Waals surface area contributed by atoms with Gasteiger partial charge in [0.05, 0.1) is 10.0 Å². The molecule has 1 saturated carbocycles. The number of halogens is 4. The number of fused-ring (bicyclic) bond motifs is 2. The van der Waals surface area contributed by atoms with E-state index in [0.29, 0.717) is 62.1 Å². The smallest absolute Gasteiger partial charge is 0.326 e. The largest absolute Gasteiger partial charge is 0.489 e. The molecule has 1 fully saturated rings. The molecule has 3 amide bonds. The zero-order chi connectivity index (χ0) is 45.1. The van der Waals surface area contributed by atoms with Gasteiger partial charge in [0, 0.05) is 55.7 Å². The SMILES string of the molecule is Cc1nccc(Oc2ccc(CC(NC(=O)[C@@H]3Cc4cc5c(cc4CN3C(=O)NC3CCC(F)(F)CC3)O[C@@H](c3ccc(OCc4ccc(Cl)c(Cl)c4)cc3)CO5)C(=O)O)cc2)c1C. The van der Waals surface area contributed by atoms with Gasteiger partial charge in [-0.25, -0.2) is 18.4 Å². The Kier molecular flexibility index (Phi) is 13.2. The molecule has 0 bridgehead atoms. The lowest BCUT2D eigenvalue weighted by molar-refractivity contribution is -0.142. The molecule has 3 atom stereocenters. The average molecular weight is 916 g/mol. The van der Waals surface area contributed by atoms with Gasteiger partial charge >= 0.3 is 12.0 Å². The number of carboxylic acid groups (broad SMARTS) is 1. The lowest BCUT2D eigenvalue weighted by Crippen LogP contribution is -2.59. The van der Waals surface area contributed by atoms with E-state index < -0.39 is 48.1 Å². The van der Waals surface area contributed by atoms with Gasteiger partial charge in [-0.1, -0.05) is 53.5 Å². The van der Waals surface area contributed by atoms with Gasteiger partial charge in [0.1, 0.15) is 42.5 Å². The number of aryl methyl sites for hydroxylation is 1. The van der Waals surface area contributed by atoms with Crippen molar-refractivity contribution in [3.63, 3.8) is 0 Å². The molecular formula is C48H46Cl2F2N4O8. The van der Waals surface area contributed by atoms with Crippen molar-refractivity contribution >= 4 is 41.1 Å². The Balaban J connectivity index is 0.964. The van der Waals surface area contributed by atoms with Gasteiger partial charge in [0.25, 0.3) is 0 Å². The molecule has 0 radical (unpaired) electrons. The summed E-state index contributed by atoms with van der Waals surface area (Å²) in [4.78, 5) is 46.4. The Morgan fingerprint density at radius 1 is 0.906 bits per heavy atom. The predicted octanol–water partition coefficient (Wildman–Crippen LogP) is 9.72. The Morgan fingerprint density at radius 2 is 1.61 bits per heavy atom. The fourth-order valence-corrected chi connectivity index (χ4v) is 8.35. The lowest BCUT2D eigenvalue weighted by Gasteiger charge is -2.39. The fourth-order valence-electron chi connectivity index (χ4n) is 8.03. The Hall–Kier alpha value is -6.12. The maximum absolute atomic E-state index is 14.2. The molecule has 3 N–H and O–H groups in total. The van der Waals surface area contributed by atoms with E-state index in [-0.39, 0.29) is 51.7 Å². The maximum Gasteiger partial charge on any atom is 0.326 e. The van der Waals surface area contributed by atoms with Crippen molar-refractivity contribution in [3.05, 3.63) is 140 Å².